The van der Waals surface area contributed by atoms with Crippen LogP contribution in [-0.2, 0) is 4.79 Å². The van der Waals surface area contributed by atoms with E-state index < -0.39 is 12.0 Å². The Hall–Kier alpha value is -2.15. The number of amides is 1. The van der Waals surface area contributed by atoms with Gasteiger partial charge in [-0.3, -0.25) is 4.79 Å². The van der Waals surface area contributed by atoms with Crippen molar-refractivity contribution in [1.29, 1.82) is 0 Å². The van der Waals surface area contributed by atoms with Gasteiger partial charge in [-0.05, 0) is 26.0 Å². The summed E-state index contributed by atoms with van der Waals surface area (Å²) in [4.78, 5) is 10.8. The molecule has 1 rings (SSSR count). The molecule has 0 aliphatic rings. The Labute approximate surface area is 101 Å². The number of benzene rings is 1. The molecule has 4 heteroatoms. The molecular formula is C13H15NO3. The lowest BCUT2D eigenvalue weighted by Gasteiger charge is -2.12. The van der Waals surface area contributed by atoms with Crippen LogP contribution in [0.2, 0.25) is 0 Å². The van der Waals surface area contributed by atoms with E-state index in [1.165, 1.54) is 0 Å². The van der Waals surface area contributed by atoms with Gasteiger partial charge in [0, 0.05) is 6.07 Å². The van der Waals surface area contributed by atoms with Crippen LogP contribution in [0.25, 0.3) is 0 Å². The van der Waals surface area contributed by atoms with Gasteiger partial charge in [-0.25, -0.2) is 0 Å². The minimum atomic E-state index is -0.666. The first-order chi connectivity index (χ1) is 8.13. The molecule has 17 heavy (non-hydrogen) atoms. The van der Waals surface area contributed by atoms with E-state index in [0.717, 1.165) is 0 Å². The van der Waals surface area contributed by atoms with E-state index >= 15 is 0 Å². The molecule has 0 unspecified atom stereocenters. The van der Waals surface area contributed by atoms with E-state index in [9.17, 15) is 4.79 Å². The third-order valence-electron chi connectivity index (χ3n) is 2.01. The van der Waals surface area contributed by atoms with E-state index in [0.29, 0.717) is 18.1 Å². The molecule has 0 aliphatic carbocycles. The van der Waals surface area contributed by atoms with E-state index in [1.54, 1.807) is 38.1 Å². The summed E-state index contributed by atoms with van der Waals surface area (Å²) < 4.78 is 10.7. The highest BCUT2D eigenvalue weighted by molar-refractivity contribution is 5.78. The quantitative estimate of drug-likeness (QED) is 0.781. The number of primary amides is 1. The van der Waals surface area contributed by atoms with Gasteiger partial charge >= 0.3 is 0 Å². The molecule has 90 valence electrons. The summed E-state index contributed by atoms with van der Waals surface area (Å²) in [6, 6.07) is 6.99. The Morgan fingerprint density at radius 3 is 2.82 bits per heavy atom. The van der Waals surface area contributed by atoms with Gasteiger partial charge in [-0.15, -0.1) is 5.92 Å². The highest BCUT2D eigenvalue weighted by atomic mass is 16.5. The SMILES string of the molecule is CC#CCOc1cccc(O[C@@H](C)C(N)=O)c1. The Morgan fingerprint density at radius 1 is 1.47 bits per heavy atom. The van der Waals surface area contributed by atoms with Crippen LogP contribution in [0.1, 0.15) is 13.8 Å². The molecule has 0 saturated carbocycles. The molecule has 0 aromatic heterocycles. The fourth-order valence-corrected chi connectivity index (χ4v) is 1.09. The molecule has 0 saturated heterocycles. The molecular weight excluding hydrogens is 218 g/mol. The van der Waals surface area contributed by atoms with Crippen LogP contribution in [0.4, 0.5) is 0 Å². The van der Waals surface area contributed by atoms with Crippen molar-refractivity contribution >= 4 is 5.91 Å². The molecule has 1 atom stereocenters. The van der Waals surface area contributed by atoms with Crippen molar-refractivity contribution in [3.05, 3.63) is 24.3 Å². The smallest absolute Gasteiger partial charge is 0.258 e. The normalized spacial score (nSPS) is 10.9. The van der Waals surface area contributed by atoms with Crippen molar-refractivity contribution in [3.63, 3.8) is 0 Å². The van der Waals surface area contributed by atoms with Gasteiger partial charge < -0.3 is 15.2 Å². The summed E-state index contributed by atoms with van der Waals surface area (Å²) in [6.07, 6.45) is -0.666. The Balaban J connectivity index is 2.64. The maximum atomic E-state index is 10.8. The Morgan fingerprint density at radius 2 is 2.18 bits per heavy atom. The second-order valence-electron chi connectivity index (χ2n) is 3.35. The van der Waals surface area contributed by atoms with E-state index in [4.69, 9.17) is 15.2 Å². The van der Waals surface area contributed by atoms with Gasteiger partial charge in [0.25, 0.3) is 5.91 Å². The van der Waals surface area contributed by atoms with Crippen LogP contribution in [0.5, 0.6) is 11.5 Å². The average molecular weight is 233 g/mol. The monoisotopic (exact) mass is 233 g/mol. The number of hydrogen-bond acceptors (Lipinski definition) is 3. The lowest BCUT2D eigenvalue weighted by molar-refractivity contribution is -0.123. The summed E-state index contributed by atoms with van der Waals surface area (Å²) in [5, 5.41) is 0. The van der Waals surface area contributed by atoms with E-state index in [1.807, 2.05) is 0 Å². The molecule has 0 fully saturated rings. The van der Waals surface area contributed by atoms with Crippen molar-refractivity contribution < 1.29 is 14.3 Å². The number of rotatable bonds is 5. The molecule has 0 radical (unpaired) electrons. The molecule has 2 N–H and O–H groups in total. The molecule has 4 nitrogen and oxygen atoms in total. The minimum absolute atomic E-state index is 0.325. The molecule has 0 spiro atoms. The van der Waals surface area contributed by atoms with Crippen LogP contribution >= 0.6 is 0 Å². The van der Waals surface area contributed by atoms with Crippen molar-refractivity contribution in [2.24, 2.45) is 5.73 Å². The molecule has 1 amide bonds. The molecule has 1 aromatic rings. The van der Waals surface area contributed by atoms with Gasteiger partial charge in [-0.2, -0.15) is 0 Å². The summed E-state index contributed by atoms with van der Waals surface area (Å²) in [5.41, 5.74) is 5.11. The molecule has 0 heterocycles. The highest BCUT2D eigenvalue weighted by Gasteiger charge is 2.10. The predicted molar refractivity (Wildman–Crippen MR) is 64.7 cm³/mol. The zero-order chi connectivity index (χ0) is 12.7. The first-order valence-corrected chi connectivity index (χ1v) is 5.22. The highest BCUT2D eigenvalue weighted by Crippen LogP contribution is 2.20. The molecule has 1 aromatic carbocycles. The number of carbonyl (C=O) groups excluding carboxylic acids is 1. The number of ether oxygens (including phenoxy) is 2. The lowest BCUT2D eigenvalue weighted by Crippen LogP contribution is -2.30. The maximum absolute atomic E-state index is 10.8. The van der Waals surface area contributed by atoms with Gasteiger partial charge in [-0.1, -0.05) is 12.0 Å². The summed E-state index contributed by atoms with van der Waals surface area (Å²) >= 11 is 0. The number of hydrogen-bond donors (Lipinski definition) is 1. The van der Waals surface area contributed by atoms with Gasteiger partial charge in [0.15, 0.2) is 6.10 Å². The lowest BCUT2D eigenvalue weighted by atomic mass is 10.3. The third-order valence-corrected chi connectivity index (χ3v) is 2.01. The second-order valence-corrected chi connectivity index (χ2v) is 3.35. The van der Waals surface area contributed by atoms with Crippen molar-refractivity contribution in [1.82, 2.24) is 0 Å². The van der Waals surface area contributed by atoms with Crippen LogP contribution in [-0.4, -0.2) is 18.6 Å². The molecule has 0 bridgehead atoms. The van der Waals surface area contributed by atoms with Crippen molar-refractivity contribution in [2.45, 2.75) is 20.0 Å². The van der Waals surface area contributed by atoms with Crippen molar-refractivity contribution in [3.8, 4) is 23.3 Å². The van der Waals surface area contributed by atoms with Crippen LogP contribution in [0, 0.1) is 11.8 Å². The van der Waals surface area contributed by atoms with Crippen LogP contribution in [0.3, 0.4) is 0 Å². The fraction of sp³-hybridized carbons (Fsp3) is 0.308. The van der Waals surface area contributed by atoms with E-state index in [-0.39, 0.29) is 0 Å². The zero-order valence-corrected chi connectivity index (χ0v) is 9.90. The minimum Gasteiger partial charge on any atom is -0.481 e. The maximum Gasteiger partial charge on any atom is 0.258 e. The Bertz CT molecular complexity index is 445. The van der Waals surface area contributed by atoms with Crippen molar-refractivity contribution in [2.75, 3.05) is 6.61 Å². The topological polar surface area (TPSA) is 61.6 Å². The first kappa shape index (κ1) is 12.9. The average Bonchev–Trinajstić information content (AvgIpc) is 2.30. The third kappa shape index (κ3) is 4.47. The summed E-state index contributed by atoms with van der Waals surface area (Å²) in [6.45, 7) is 3.67. The standard InChI is InChI=1S/C13H15NO3/c1-3-4-8-16-11-6-5-7-12(9-11)17-10(2)13(14)15/h5-7,9-10H,8H2,1-2H3,(H2,14,15)/t10-/m0/s1. The molecule has 0 aliphatic heterocycles. The largest absolute Gasteiger partial charge is 0.481 e. The first-order valence-electron chi connectivity index (χ1n) is 5.22. The summed E-state index contributed by atoms with van der Waals surface area (Å²) in [7, 11) is 0. The predicted octanol–water partition coefficient (Wildman–Crippen LogP) is 1.34. The summed E-state index contributed by atoms with van der Waals surface area (Å²) in [5.74, 6) is 6.19. The van der Waals surface area contributed by atoms with Crippen LogP contribution in [0.15, 0.2) is 24.3 Å². The van der Waals surface area contributed by atoms with E-state index in [2.05, 4.69) is 11.8 Å². The second kappa shape index (κ2) is 6.44. The fourth-order valence-electron chi connectivity index (χ4n) is 1.09. The van der Waals surface area contributed by atoms with Gasteiger partial charge in [0.1, 0.15) is 18.1 Å². The van der Waals surface area contributed by atoms with Crippen LogP contribution < -0.4 is 15.2 Å². The number of nitrogens with two attached hydrogens (primary N) is 1. The number of carbonyl (C=O) groups is 1. The zero-order valence-electron chi connectivity index (χ0n) is 9.90. The Kier molecular flexibility index (Phi) is 4.89. The van der Waals surface area contributed by atoms with Gasteiger partial charge in [0.2, 0.25) is 0 Å². The van der Waals surface area contributed by atoms with Gasteiger partial charge in [0.05, 0.1) is 0 Å².